The van der Waals surface area contributed by atoms with E-state index in [0.29, 0.717) is 0 Å². The van der Waals surface area contributed by atoms with Crippen LogP contribution in [0.5, 0.6) is 0 Å². The predicted octanol–water partition coefficient (Wildman–Crippen LogP) is 15.6. The van der Waals surface area contributed by atoms with Gasteiger partial charge in [0.25, 0.3) is 0 Å². The Morgan fingerprint density at radius 3 is 1.67 bits per heavy atom. The largest absolute Gasteiger partial charge is 0.310 e. The van der Waals surface area contributed by atoms with Crippen LogP contribution in [0.25, 0.3) is 66.1 Å². The summed E-state index contributed by atoms with van der Waals surface area (Å²) in [7, 11) is 0. The lowest BCUT2D eigenvalue weighted by atomic mass is 9.80. The van der Waals surface area contributed by atoms with Crippen molar-refractivity contribution in [1.29, 1.82) is 0 Å². The summed E-state index contributed by atoms with van der Waals surface area (Å²) in [5, 5.41) is 5.14. The van der Waals surface area contributed by atoms with Crippen molar-refractivity contribution in [3.8, 4) is 44.5 Å². The van der Waals surface area contributed by atoms with E-state index in [4.69, 9.17) is 0 Å². The van der Waals surface area contributed by atoms with Crippen molar-refractivity contribution in [1.82, 2.24) is 0 Å². The lowest BCUT2D eigenvalue weighted by Crippen LogP contribution is -2.17. The van der Waals surface area contributed by atoms with E-state index in [1.807, 2.05) is 0 Å². The second-order valence-corrected chi connectivity index (χ2v) is 16.8. The highest BCUT2D eigenvalue weighted by Gasteiger charge is 2.37. The minimum Gasteiger partial charge on any atom is -0.310 e. The minimum atomic E-state index is -0.156. The third-order valence-corrected chi connectivity index (χ3v) is 13.0. The molecule has 9 aromatic carbocycles. The first-order chi connectivity index (χ1) is 28.5. The molecular formula is C57H45N. The molecule has 58 heavy (non-hydrogen) atoms. The summed E-state index contributed by atoms with van der Waals surface area (Å²) in [6, 6.07) is 70.2. The van der Waals surface area contributed by atoms with Gasteiger partial charge < -0.3 is 4.90 Å². The monoisotopic (exact) mass is 743 g/mol. The fraction of sp³-hybridized carbons (Fsp3) is 0.123. The highest BCUT2D eigenvalue weighted by atomic mass is 15.1. The highest BCUT2D eigenvalue weighted by Crippen LogP contribution is 2.53. The van der Waals surface area contributed by atoms with Gasteiger partial charge in [0.05, 0.1) is 0 Å². The SMILES string of the molecule is CC1(C)c2cc(N(c3ccc(-c4cc5ccccc5cc4-c4ccccc4)cc3)c3ccc(-c4cccc5c4CCCC5)cc3)ccc2-c2ccc3ccccc3c21. The van der Waals surface area contributed by atoms with Crippen molar-refractivity contribution >= 4 is 38.6 Å². The molecule has 278 valence electrons. The van der Waals surface area contributed by atoms with Crippen LogP contribution in [0.2, 0.25) is 0 Å². The molecule has 0 bridgehead atoms. The summed E-state index contributed by atoms with van der Waals surface area (Å²) in [6.07, 6.45) is 4.91. The van der Waals surface area contributed by atoms with Gasteiger partial charge in [-0.2, -0.15) is 0 Å². The van der Waals surface area contributed by atoms with E-state index in [1.54, 1.807) is 0 Å². The second kappa shape index (κ2) is 13.7. The molecule has 0 spiro atoms. The molecule has 0 heterocycles. The first-order valence-corrected chi connectivity index (χ1v) is 20.9. The third kappa shape index (κ3) is 5.68. The van der Waals surface area contributed by atoms with Crippen LogP contribution in [-0.4, -0.2) is 0 Å². The van der Waals surface area contributed by atoms with Crippen LogP contribution >= 0.6 is 0 Å². The number of rotatable bonds is 6. The van der Waals surface area contributed by atoms with Crippen LogP contribution in [0.4, 0.5) is 17.1 Å². The second-order valence-electron chi connectivity index (χ2n) is 16.8. The number of benzene rings is 9. The Labute approximate surface area is 341 Å². The van der Waals surface area contributed by atoms with Crippen molar-refractivity contribution in [2.75, 3.05) is 4.90 Å². The molecule has 0 aliphatic heterocycles. The van der Waals surface area contributed by atoms with Gasteiger partial charge in [0.1, 0.15) is 0 Å². The van der Waals surface area contributed by atoms with Gasteiger partial charge >= 0.3 is 0 Å². The van der Waals surface area contributed by atoms with Crippen molar-refractivity contribution in [2.24, 2.45) is 0 Å². The Morgan fingerprint density at radius 1 is 0.397 bits per heavy atom. The standard InChI is InChI=1S/C57H45N/c1-57(2)55-37-47(32-34-51(55)52-33-27-40-16-9-11-21-50(40)56(52)57)58(45-28-23-41(24-29-45)49-22-12-19-38-15-8-10-20-48(38)49)46-30-25-42(26-31-46)54-36-44-18-7-6-17-43(44)35-53(54)39-13-4-3-5-14-39/h3-7,9,11-14,16-19,21-37H,8,10,15,20H2,1-2H3. The van der Waals surface area contributed by atoms with E-state index in [2.05, 4.69) is 207 Å². The van der Waals surface area contributed by atoms with E-state index in [9.17, 15) is 0 Å². The number of nitrogens with zero attached hydrogens (tertiary/aromatic N) is 1. The van der Waals surface area contributed by atoms with Crippen LogP contribution in [0.1, 0.15) is 48.9 Å². The Morgan fingerprint density at radius 2 is 0.966 bits per heavy atom. The number of hydrogen-bond donors (Lipinski definition) is 0. The predicted molar refractivity (Wildman–Crippen MR) is 247 cm³/mol. The Balaban J connectivity index is 1.04. The van der Waals surface area contributed by atoms with Crippen LogP contribution in [0.3, 0.4) is 0 Å². The minimum absolute atomic E-state index is 0.156. The molecule has 0 aromatic heterocycles. The van der Waals surface area contributed by atoms with Gasteiger partial charge in [0.2, 0.25) is 0 Å². The summed E-state index contributed by atoms with van der Waals surface area (Å²) >= 11 is 0. The molecule has 0 saturated heterocycles. The number of fused-ring (bicyclic) bond motifs is 7. The van der Waals surface area contributed by atoms with Crippen molar-refractivity contribution in [2.45, 2.75) is 44.9 Å². The van der Waals surface area contributed by atoms with E-state index < -0.39 is 0 Å². The fourth-order valence-electron chi connectivity index (χ4n) is 10.1. The number of hydrogen-bond acceptors (Lipinski definition) is 1. The zero-order valence-electron chi connectivity index (χ0n) is 33.2. The van der Waals surface area contributed by atoms with Gasteiger partial charge in [-0.1, -0.05) is 153 Å². The van der Waals surface area contributed by atoms with Gasteiger partial charge in [-0.05, 0) is 163 Å². The zero-order chi connectivity index (χ0) is 38.8. The normalized spacial score (nSPS) is 13.9. The molecule has 0 fully saturated rings. The molecule has 0 unspecified atom stereocenters. The summed E-state index contributed by atoms with van der Waals surface area (Å²) in [5.41, 5.74) is 19.4. The molecule has 2 aliphatic rings. The van der Waals surface area contributed by atoms with Crippen LogP contribution in [0.15, 0.2) is 188 Å². The van der Waals surface area contributed by atoms with Gasteiger partial charge in [-0.3, -0.25) is 0 Å². The highest BCUT2D eigenvalue weighted by molar-refractivity contribution is 5.99. The van der Waals surface area contributed by atoms with E-state index in [-0.39, 0.29) is 5.41 Å². The van der Waals surface area contributed by atoms with Gasteiger partial charge in [-0.15, -0.1) is 0 Å². The van der Waals surface area contributed by atoms with E-state index in [0.717, 1.165) is 23.5 Å². The summed E-state index contributed by atoms with van der Waals surface area (Å²) in [5.74, 6) is 0. The Hall–Kier alpha value is -6.70. The molecule has 0 saturated carbocycles. The van der Waals surface area contributed by atoms with Crippen molar-refractivity contribution in [3.05, 3.63) is 210 Å². The summed E-state index contributed by atoms with van der Waals surface area (Å²) < 4.78 is 0. The lowest BCUT2D eigenvalue weighted by molar-refractivity contribution is 0.666. The zero-order valence-corrected chi connectivity index (χ0v) is 33.2. The average molecular weight is 744 g/mol. The van der Waals surface area contributed by atoms with Crippen LogP contribution in [0, 0.1) is 0 Å². The number of aryl methyl sites for hydroxylation is 1. The molecular weight excluding hydrogens is 699 g/mol. The van der Waals surface area contributed by atoms with E-state index in [1.165, 1.54) is 108 Å². The van der Waals surface area contributed by atoms with Crippen LogP contribution in [-0.2, 0) is 18.3 Å². The molecule has 0 N–H and O–H groups in total. The van der Waals surface area contributed by atoms with E-state index >= 15 is 0 Å². The number of anilines is 3. The first kappa shape index (κ1) is 34.5. The quantitative estimate of drug-likeness (QED) is 0.164. The summed E-state index contributed by atoms with van der Waals surface area (Å²) in [6.45, 7) is 4.80. The molecule has 0 amide bonds. The Bertz CT molecular complexity index is 3010. The average Bonchev–Trinajstić information content (AvgIpc) is 3.52. The molecule has 11 rings (SSSR count). The molecule has 1 nitrogen and oxygen atoms in total. The third-order valence-electron chi connectivity index (χ3n) is 13.0. The summed E-state index contributed by atoms with van der Waals surface area (Å²) in [4.78, 5) is 2.45. The maximum absolute atomic E-state index is 2.45. The molecule has 0 atom stereocenters. The first-order valence-electron chi connectivity index (χ1n) is 20.9. The molecule has 2 aliphatic carbocycles. The molecule has 0 radical (unpaired) electrons. The van der Waals surface area contributed by atoms with Crippen LogP contribution < -0.4 is 4.90 Å². The molecule has 9 aromatic rings. The molecule has 1 heteroatoms. The van der Waals surface area contributed by atoms with Crippen molar-refractivity contribution < 1.29 is 0 Å². The fourth-order valence-corrected chi connectivity index (χ4v) is 10.1. The Kier molecular flexibility index (Phi) is 8.19. The maximum atomic E-state index is 2.45. The van der Waals surface area contributed by atoms with Gasteiger partial charge in [0, 0.05) is 22.5 Å². The van der Waals surface area contributed by atoms with Gasteiger partial charge in [-0.25, -0.2) is 0 Å². The smallest absolute Gasteiger partial charge is 0.0465 e. The maximum Gasteiger partial charge on any atom is 0.0465 e. The van der Waals surface area contributed by atoms with Crippen molar-refractivity contribution in [3.63, 3.8) is 0 Å². The topological polar surface area (TPSA) is 3.24 Å². The lowest BCUT2D eigenvalue weighted by Gasteiger charge is -2.29. The van der Waals surface area contributed by atoms with Gasteiger partial charge in [0.15, 0.2) is 0 Å².